The largest absolute Gasteiger partial charge is 0.493 e. The molecular weight excluding hydrogens is 811 g/mol. The van der Waals surface area contributed by atoms with Crippen molar-refractivity contribution in [2.24, 2.45) is 7.05 Å². The topological polar surface area (TPSA) is 152 Å². The lowest BCUT2D eigenvalue weighted by molar-refractivity contribution is -0.136. The van der Waals surface area contributed by atoms with E-state index in [4.69, 9.17) is 9.84 Å². The zero-order chi connectivity index (χ0) is 43.9. The lowest BCUT2D eigenvalue weighted by Gasteiger charge is -2.34. The minimum atomic E-state index is -2.64. The number of amides is 5. The van der Waals surface area contributed by atoms with Crippen LogP contribution in [0.3, 0.4) is 0 Å². The van der Waals surface area contributed by atoms with Crippen LogP contribution in [0.5, 0.6) is 5.75 Å². The third-order valence-corrected chi connectivity index (χ3v) is 13.7. The fourth-order valence-electron chi connectivity index (χ4n) is 10.4. The minimum absolute atomic E-state index is 0.0149. The summed E-state index contributed by atoms with van der Waals surface area (Å²) in [6.45, 7) is 5.98. The summed E-state index contributed by atoms with van der Waals surface area (Å²) < 4.78 is 39.3. The monoisotopic (exact) mass is 864 g/mol. The van der Waals surface area contributed by atoms with E-state index in [1.807, 2.05) is 11.0 Å². The average Bonchev–Trinajstić information content (AvgIpc) is 3.96. The van der Waals surface area contributed by atoms with E-state index in [1.165, 1.54) is 5.69 Å². The number of piperidine rings is 2. The van der Waals surface area contributed by atoms with E-state index >= 15 is 0 Å². The lowest BCUT2D eigenvalue weighted by atomic mass is 9.77. The van der Waals surface area contributed by atoms with E-state index in [-0.39, 0.29) is 47.4 Å². The first-order valence-corrected chi connectivity index (χ1v) is 22.5. The van der Waals surface area contributed by atoms with Gasteiger partial charge in [-0.05, 0) is 92.8 Å². The molecule has 2 fully saturated rings. The maximum absolute atomic E-state index is 14.7. The molecule has 4 aliphatic heterocycles. The first kappa shape index (κ1) is 42.5. The Balaban J connectivity index is 0.800. The van der Waals surface area contributed by atoms with Crippen LogP contribution in [0.4, 0.5) is 8.78 Å². The van der Waals surface area contributed by atoms with Crippen LogP contribution in [-0.4, -0.2) is 103 Å². The SMILES string of the molecule is CC(=O)N1CCc2c(c(C3CCCc4cc(-c5cnn(C)c5)c(C(F)F)cc43)nn2C2CCN(CCCCCCOc3cccc4c3C(=O)N(C3CCC(=O)NC3=O)C4=O)CC2)C1. The minimum Gasteiger partial charge on any atom is -0.493 e. The Morgan fingerprint density at radius 3 is 2.49 bits per heavy atom. The number of likely N-dealkylation sites (tertiary alicyclic amines) is 1. The number of halogens is 2. The number of hydrogen-bond donors (Lipinski definition) is 1. The average molecular weight is 865 g/mol. The molecule has 1 aliphatic carbocycles. The van der Waals surface area contributed by atoms with Gasteiger partial charge in [0.2, 0.25) is 17.7 Å². The van der Waals surface area contributed by atoms with Crippen molar-refractivity contribution >= 4 is 29.5 Å². The molecule has 0 bridgehead atoms. The van der Waals surface area contributed by atoms with Gasteiger partial charge in [0.25, 0.3) is 18.2 Å². The molecule has 2 aromatic carbocycles. The molecule has 5 amide bonds. The van der Waals surface area contributed by atoms with E-state index in [0.29, 0.717) is 36.6 Å². The van der Waals surface area contributed by atoms with Crippen LogP contribution in [0.15, 0.2) is 42.7 Å². The standard InChI is InChI=1S/C47H54F2N8O6/c1-28(58)55-21-17-38-37(27-55)43(32-10-7-9-29-23-34(30-25-50-53(2)26-30)36(44(48)49)24-35(29)32)52-57(38)31-15-19-54(20-16-31)18-5-3-4-6-22-63-40-12-8-11-33-42(40)47(62)56(46(33)61)39-13-14-41(59)51-45(39)60/h8,11-12,23-26,31-32,39,44H,3-7,9-10,13-22,27H2,1-2H3,(H,51,59,60). The Bertz CT molecular complexity index is 2450. The van der Waals surface area contributed by atoms with Gasteiger partial charge in [-0.1, -0.05) is 25.0 Å². The first-order valence-electron chi connectivity index (χ1n) is 22.5. The number of imide groups is 2. The summed E-state index contributed by atoms with van der Waals surface area (Å²) in [5.74, 6) is -1.96. The normalized spacial score (nSPS) is 20.6. The Hall–Kier alpha value is -5.77. The van der Waals surface area contributed by atoms with Gasteiger partial charge in [0.1, 0.15) is 11.8 Å². The van der Waals surface area contributed by atoms with Crippen LogP contribution in [0.25, 0.3) is 11.1 Å². The van der Waals surface area contributed by atoms with Crippen LogP contribution >= 0.6 is 0 Å². The number of aryl methyl sites for hydroxylation is 2. The number of rotatable bonds is 13. The zero-order valence-corrected chi connectivity index (χ0v) is 35.9. The maximum Gasteiger partial charge on any atom is 0.266 e. The third kappa shape index (κ3) is 8.29. The van der Waals surface area contributed by atoms with E-state index < -0.39 is 36.1 Å². The molecule has 16 heteroatoms. The second-order valence-corrected chi connectivity index (χ2v) is 17.7. The second-order valence-electron chi connectivity index (χ2n) is 17.7. The van der Waals surface area contributed by atoms with Crippen LogP contribution in [0.1, 0.15) is 144 Å². The molecule has 2 unspecified atom stereocenters. The smallest absolute Gasteiger partial charge is 0.266 e. The number of fused-ring (bicyclic) bond motifs is 3. The number of unbranched alkanes of at least 4 members (excludes halogenated alkanes) is 3. The number of benzene rings is 2. The molecule has 1 N–H and O–H groups in total. The molecule has 0 saturated carbocycles. The van der Waals surface area contributed by atoms with Gasteiger partial charge in [-0.3, -0.25) is 43.6 Å². The van der Waals surface area contributed by atoms with Crippen LogP contribution < -0.4 is 10.1 Å². The zero-order valence-electron chi connectivity index (χ0n) is 35.9. The van der Waals surface area contributed by atoms with Crippen molar-refractivity contribution in [3.8, 4) is 16.9 Å². The molecule has 0 spiro atoms. The fraction of sp³-hybridized carbons (Fsp3) is 0.511. The summed E-state index contributed by atoms with van der Waals surface area (Å²) in [7, 11) is 1.79. The van der Waals surface area contributed by atoms with Crippen molar-refractivity contribution in [2.45, 2.75) is 115 Å². The molecule has 2 atom stereocenters. The number of carbonyl (C=O) groups is 5. The van der Waals surface area contributed by atoms with E-state index in [2.05, 4.69) is 20.0 Å². The molecule has 6 heterocycles. The summed E-state index contributed by atoms with van der Waals surface area (Å²) in [5.41, 5.74) is 6.79. The molecule has 63 heavy (non-hydrogen) atoms. The number of nitrogens with zero attached hydrogens (tertiary/aromatic N) is 7. The van der Waals surface area contributed by atoms with Crippen LogP contribution in [0.2, 0.25) is 0 Å². The Labute approximate surface area is 364 Å². The summed E-state index contributed by atoms with van der Waals surface area (Å²) in [4.78, 5) is 68.6. The highest BCUT2D eigenvalue weighted by Gasteiger charge is 2.46. The molecule has 2 saturated heterocycles. The number of ether oxygens (including phenoxy) is 1. The Morgan fingerprint density at radius 2 is 1.75 bits per heavy atom. The van der Waals surface area contributed by atoms with Crippen molar-refractivity contribution in [3.05, 3.63) is 87.5 Å². The van der Waals surface area contributed by atoms with Crippen molar-refractivity contribution in [2.75, 3.05) is 32.8 Å². The highest BCUT2D eigenvalue weighted by molar-refractivity contribution is 6.24. The summed E-state index contributed by atoms with van der Waals surface area (Å²) in [6.07, 6.45) is 9.87. The van der Waals surface area contributed by atoms with Crippen molar-refractivity contribution in [1.29, 1.82) is 0 Å². The lowest BCUT2D eigenvalue weighted by Crippen LogP contribution is -2.54. The van der Waals surface area contributed by atoms with E-state index in [0.717, 1.165) is 111 Å². The van der Waals surface area contributed by atoms with Crippen molar-refractivity contribution < 1.29 is 37.5 Å². The van der Waals surface area contributed by atoms with E-state index in [9.17, 15) is 32.8 Å². The molecule has 14 nitrogen and oxygen atoms in total. The molecule has 2 aromatic heterocycles. The highest BCUT2D eigenvalue weighted by atomic mass is 19.3. The molecule has 5 aliphatic rings. The van der Waals surface area contributed by atoms with Gasteiger partial charge in [-0.15, -0.1) is 0 Å². The fourth-order valence-corrected chi connectivity index (χ4v) is 10.4. The quantitative estimate of drug-likeness (QED) is 0.121. The van der Waals surface area contributed by atoms with Gasteiger partial charge < -0.3 is 14.5 Å². The van der Waals surface area contributed by atoms with Crippen LogP contribution in [-0.2, 0) is 40.8 Å². The van der Waals surface area contributed by atoms with Gasteiger partial charge in [0.05, 0.1) is 35.7 Å². The van der Waals surface area contributed by atoms with Crippen molar-refractivity contribution in [1.82, 2.24) is 39.6 Å². The second kappa shape index (κ2) is 17.8. The number of aromatic nitrogens is 4. The predicted octanol–water partition coefficient (Wildman–Crippen LogP) is 6.27. The molecular formula is C47H54F2N8O6. The summed E-state index contributed by atoms with van der Waals surface area (Å²) in [6, 6.07) is 7.75. The van der Waals surface area contributed by atoms with Gasteiger partial charge in [-0.25, -0.2) is 8.78 Å². The van der Waals surface area contributed by atoms with Gasteiger partial charge in [0, 0.05) is 87.5 Å². The number of hydrogen-bond acceptors (Lipinski definition) is 9. The third-order valence-electron chi connectivity index (χ3n) is 13.7. The number of alkyl halides is 2. The molecule has 0 radical (unpaired) electrons. The molecule has 9 rings (SSSR count). The van der Waals surface area contributed by atoms with Crippen molar-refractivity contribution in [3.63, 3.8) is 0 Å². The Morgan fingerprint density at radius 1 is 0.937 bits per heavy atom. The number of nitrogens with one attached hydrogen (secondary N) is 1. The summed E-state index contributed by atoms with van der Waals surface area (Å²) in [5, 5.41) is 11.8. The highest BCUT2D eigenvalue weighted by Crippen LogP contribution is 2.45. The van der Waals surface area contributed by atoms with E-state index in [1.54, 1.807) is 55.3 Å². The predicted molar refractivity (Wildman–Crippen MR) is 227 cm³/mol. The maximum atomic E-state index is 14.7. The van der Waals surface area contributed by atoms with Gasteiger partial charge in [0.15, 0.2) is 0 Å². The summed E-state index contributed by atoms with van der Waals surface area (Å²) >= 11 is 0. The van der Waals surface area contributed by atoms with Gasteiger partial charge in [-0.2, -0.15) is 10.2 Å². The molecule has 4 aromatic rings. The van der Waals surface area contributed by atoms with Crippen LogP contribution in [0, 0.1) is 0 Å². The van der Waals surface area contributed by atoms with Gasteiger partial charge >= 0.3 is 0 Å². The first-order chi connectivity index (χ1) is 30.5. The molecule has 332 valence electrons. The number of carbonyl (C=O) groups excluding carboxylic acids is 5. The Kier molecular flexibility index (Phi) is 12.0.